The molecule has 158 valence electrons. The highest BCUT2D eigenvalue weighted by Crippen LogP contribution is 2.65. The molecule has 1 unspecified atom stereocenters. The molecule has 8 rings (SSSR count). The minimum absolute atomic E-state index is 0.342. The molecule has 1 atom stereocenters. The van der Waals surface area contributed by atoms with Gasteiger partial charge in [-0.1, -0.05) is 125 Å². The van der Waals surface area contributed by atoms with E-state index in [9.17, 15) is 0 Å². The van der Waals surface area contributed by atoms with Gasteiger partial charge in [0.05, 0.1) is 5.41 Å². The highest BCUT2D eigenvalue weighted by molar-refractivity contribution is 9.10. The molecule has 6 aromatic rings. The van der Waals surface area contributed by atoms with Gasteiger partial charge in [-0.05, 0) is 66.6 Å². The first-order valence-electron chi connectivity index (χ1n) is 11.7. The summed E-state index contributed by atoms with van der Waals surface area (Å²) >= 11 is 3.92. The van der Waals surface area contributed by atoms with Gasteiger partial charge in [-0.15, -0.1) is 0 Å². The number of hydrogen-bond donors (Lipinski definition) is 0. The van der Waals surface area contributed by atoms with Gasteiger partial charge >= 0.3 is 0 Å². The smallest absolute Gasteiger partial charge is 0.0619 e. The van der Waals surface area contributed by atoms with Crippen molar-refractivity contribution in [2.75, 3.05) is 0 Å². The van der Waals surface area contributed by atoms with Gasteiger partial charge in [-0.25, -0.2) is 0 Å². The van der Waals surface area contributed by atoms with Gasteiger partial charge in [0.15, 0.2) is 0 Å². The third kappa shape index (κ3) is 2.02. The van der Waals surface area contributed by atoms with Gasteiger partial charge < -0.3 is 0 Å². The van der Waals surface area contributed by atoms with Crippen LogP contribution in [-0.2, 0) is 5.41 Å². The zero-order valence-electron chi connectivity index (χ0n) is 18.3. The molecule has 2 aliphatic carbocycles. The van der Waals surface area contributed by atoms with Crippen molar-refractivity contribution in [1.82, 2.24) is 0 Å². The number of hydrogen-bond acceptors (Lipinski definition) is 0. The van der Waals surface area contributed by atoms with Crippen molar-refractivity contribution in [2.45, 2.75) is 5.41 Å². The normalized spacial score (nSPS) is 17.1. The Bertz CT molecular complexity index is 1830. The van der Waals surface area contributed by atoms with E-state index in [1.807, 2.05) is 0 Å². The van der Waals surface area contributed by atoms with Crippen LogP contribution in [0.2, 0.25) is 0 Å². The third-order valence-corrected chi connectivity index (χ3v) is 8.59. The third-order valence-electron chi connectivity index (χ3n) is 7.93. The van der Waals surface area contributed by atoms with Gasteiger partial charge in [0.1, 0.15) is 0 Å². The van der Waals surface area contributed by atoms with Crippen LogP contribution in [0, 0.1) is 0 Å². The lowest BCUT2D eigenvalue weighted by Gasteiger charge is -2.31. The fourth-order valence-electron chi connectivity index (χ4n) is 6.82. The minimum atomic E-state index is -0.342. The highest BCUT2D eigenvalue weighted by atomic mass is 79.9. The first-order valence-corrected chi connectivity index (χ1v) is 12.5. The first-order chi connectivity index (χ1) is 16.8. The van der Waals surface area contributed by atoms with Crippen molar-refractivity contribution in [3.8, 4) is 22.3 Å². The monoisotopic (exact) mass is 494 g/mol. The van der Waals surface area contributed by atoms with E-state index in [2.05, 4.69) is 131 Å². The van der Waals surface area contributed by atoms with E-state index in [1.165, 1.54) is 66.1 Å². The minimum Gasteiger partial charge on any atom is -0.0619 e. The first kappa shape index (κ1) is 18.7. The van der Waals surface area contributed by atoms with E-state index < -0.39 is 0 Å². The van der Waals surface area contributed by atoms with Crippen molar-refractivity contribution in [3.05, 3.63) is 142 Å². The molecule has 0 saturated heterocycles. The van der Waals surface area contributed by atoms with Crippen LogP contribution in [0.25, 0.3) is 43.8 Å². The summed E-state index contributed by atoms with van der Waals surface area (Å²) in [7, 11) is 0. The second kappa shape index (κ2) is 6.46. The molecule has 0 radical (unpaired) electrons. The average Bonchev–Trinajstić information content (AvgIpc) is 3.37. The summed E-state index contributed by atoms with van der Waals surface area (Å²) in [6.45, 7) is 0. The summed E-state index contributed by atoms with van der Waals surface area (Å²) < 4.78 is 1.16. The quantitative estimate of drug-likeness (QED) is 0.184. The zero-order chi connectivity index (χ0) is 22.4. The Morgan fingerprint density at radius 2 is 0.912 bits per heavy atom. The van der Waals surface area contributed by atoms with Gasteiger partial charge in [0, 0.05) is 10.0 Å². The molecule has 0 nitrogen and oxygen atoms in total. The summed E-state index contributed by atoms with van der Waals surface area (Å²) in [5, 5.41) is 5.32. The van der Waals surface area contributed by atoms with Crippen molar-refractivity contribution in [1.29, 1.82) is 0 Å². The Morgan fingerprint density at radius 3 is 1.62 bits per heavy atom. The Morgan fingerprint density at radius 1 is 0.412 bits per heavy atom. The van der Waals surface area contributed by atoms with E-state index in [0.717, 1.165) is 4.47 Å². The maximum absolute atomic E-state index is 3.92. The lowest BCUT2D eigenvalue weighted by atomic mass is 9.69. The van der Waals surface area contributed by atoms with Crippen LogP contribution in [0.15, 0.2) is 120 Å². The zero-order valence-corrected chi connectivity index (χ0v) is 19.9. The summed E-state index contributed by atoms with van der Waals surface area (Å²) in [4.78, 5) is 0. The maximum atomic E-state index is 3.92. The van der Waals surface area contributed by atoms with Crippen molar-refractivity contribution < 1.29 is 0 Å². The van der Waals surface area contributed by atoms with Gasteiger partial charge in [0.25, 0.3) is 0 Å². The summed E-state index contributed by atoms with van der Waals surface area (Å²) in [6, 6.07) is 42.7. The Kier molecular flexibility index (Phi) is 3.56. The molecule has 0 heterocycles. The van der Waals surface area contributed by atoms with Gasteiger partial charge in [-0.3, -0.25) is 0 Å². The molecule has 0 aromatic heterocycles. The van der Waals surface area contributed by atoms with Crippen LogP contribution >= 0.6 is 15.9 Å². The average molecular weight is 495 g/mol. The molecule has 1 heteroatoms. The SMILES string of the molecule is Brc1cccc2c1-c1ccccc1C21c2ccccc2-c2c1c1ccccc1c1ccccc21. The summed E-state index contributed by atoms with van der Waals surface area (Å²) in [5.74, 6) is 0. The van der Waals surface area contributed by atoms with Crippen molar-refractivity contribution in [2.24, 2.45) is 0 Å². The standard InChI is InChI=1S/C33H19Br/c34-29-19-9-18-28-31(29)25-15-6-8-17-27(25)33(28)26-16-7-5-14-24(26)30-22-12-3-1-10-20(22)21-11-2-4-13-23(21)32(30)33/h1-19H. The largest absolute Gasteiger partial charge is 0.0732 e. The van der Waals surface area contributed by atoms with Crippen LogP contribution in [-0.4, -0.2) is 0 Å². The van der Waals surface area contributed by atoms with E-state index in [1.54, 1.807) is 0 Å². The maximum Gasteiger partial charge on any atom is 0.0732 e. The topological polar surface area (TPSA) is 0 Å². The second-order valence-corrected chi connectivity index (χ2v) is 10.2. The lowest BCUT2D eigenvalue weighted by molar-refractivity contribution is 0.801. The predicted octanol–water partition coefficient (Wildman–Crippen LogP) is 9.10. The molecular formula is C33H19Br. The van der Waals surface area contributed by atoms with E-state index >= 15 is 0 Å². The van der Waals surface area contributed by atoms with Gasteiger partial charge in [0.2, 0.25) is 0 Å². The number of benzene rings is 6. The molecule has 0 N–H and O–H groups in total. The summed E-state index contributed by atoms with van der Waals surface area (Å²) in [6.07, 6.45) is 0. The van der Waals surface area contributed by atoms with Crippen LogP contribution in [0.5, 0.6) is 0 Å². The molecule has 6 aromatic carbocycles. The molecule has 1 spiro atoms. The number of fused-ring (bicyclic) bond motifs is 15. The molecule has 0 bridgehead atoms. The Balaban J connectivity index is 1.72. The highest BCUT2D eigenvalue weighted by Gasteiger charge is 2.53. The Hall–Kier alpha value is -3.68. The van der Waals surface area contributed by atoms with Crippen molar-refractivity contribution in [3.63, 3.8) is 0 Å². The van der Waals surface area contributed by atoms with E-state index in [0.29, 0.717) is 0 Å². The molecule has 0 amide bonds. The van der Waals surface area contributed by atoms with Gasteiger partial charge in [-0.2, -0.15) is 0 Å². The van der Waals surface area contributed by atoms with Crippen LogP contribution in [0.1, 0.15) is 22.3 Å². The summed E-state index contributed by atoms with van der Waals surface area (Å²) in [5.41, 5.74) is 10.6. The number of halogens is 1. The van der Waals surface area contributed by atoms with Crippen LogP contribution < -0.4 is 0 Å². The van der Waals surface area contributed by atoms with E-state index in [-0.39, 0.29) is 5.41 Å². The molecular weight excluding hydrogens is 476 g/mol. The van der Waals surface area contributed by atoms with Crippen LogP contribution in [0.4, 0.5) is 0 Å². The molecule has 0 fully saturated rings. The fraction of sp³-hybridized carbons (Fsp3) is 0.0303. The molecule has 2 aliphatic rings. The lowest BCUT2D eigenvalue weighted by Crippen LogP contribution is -2.26. The second-order valence-electron chi connectivity index (χ2n) is 9.34. The molecule has 0 aliphatic heterocycles. The molecule has 34 heavy (non-hydrogen) atoms. The number of rotatable bonds is 0. The van der Waals surface area contributed by atoms with Crippen molar-refractivity contribution >= 4 is 37.5 Å². The predicted molar refractivity (Wildman–Crippen MR) is 145 cm³/mol. The van der Waals surface area contributed by atoms with Crippen LogP contribution in [0.3, 0.4) is 0 Å². The van der Waals surface area contributed by atoms with E-state index in [4.69, 9.17) is 0 Å². The molecule has 0 saturated carbocycles. The fourth-order valence-corrected chi connectivity index (χ4v) is 7.40. The Labute approximate surface area is 206 Å².